The van der Waals surface area contributed by atoms with Gasteiger partial charge in [0.2, 0.25) is 0 Å². The van der Waals surface area contributed by atoms with Crippen LogP contribution in [0.25, 0.3) is 5.69 Å². The number of aliphatic hydroxyl groups is 1. The third-order valence-corrected chi connectivity index (χ3v) is 2.95. The van der Waals surface area contributed by atoms with Gasteiger partial charge in [0.1, 0.15) is 0 Å². The van der Waals surface area contributed by atoms with E-state index in [4.69, 9.17) is 22.4 Å². The molecule has 0 saturated heterocycles. The predicted molar refractivity (Wildman–Crippen MR) is 67.6 cm³/mol. The van der Waals surface area contributed by atoms with Gasteiger partial charge in [-0.3, -0.25) is 0 Å². The van der Waals surface area contributed by atoms with Crippen molar-refractivity contribution in [2.45, 2.75) is 12.2 Å². The predicted octanol–water partition coefficient (Wildman–Crippen LogP) is 2.54. The maximum atomic E-state index is 12.8. The van der Waals surface area contributed by atoms with E-state index in [2.05, 4.69) is 4.98 Å². The molecular formula is C12H11ClF3N3O. The molecule has 0 amide bonds. The molecule has 0 spiro atoms. The van der Waals surface area contributed by atoms with Crippen LogP contribution in [-0.4, -0.2) is 21.3 Å². The SMILES string of the molecule is NC(CO)c1cncn1-c1cc(Cl)cc(C(F)(F)F)c1. The molecule has 0 fully saturated rings. The van der Waals surface area contributed by atoms with Gasteiger partial charge in [0, 0.05) is 10.7 Å². The summed E-state index contributed by atoms with van der Waals surface area (Å²) in [7, 11) is 0. The van der Waals surface area contributed by atoms with Crippen molar-refractivity contribution in [2.24, 2.45) is 5.73 Å². The first kappa shape index (κ1) is 14.8. The van der Waals surface area contributed by atoms with Crippen LogP contribution in [0.2, 0.25) is 5.02 Å². The second-order valence-electron chi connectivity index (χ2n) is 4.17. The van der Waals surface area contributed by atoms with E-state index in [1.807, 2.05) is 0 Å². The second kappa shape index (κ2) is 5.43. The number of alkyl halides is 3. The molecule has 1 unspecified atom stereocenters. The van der Waals surface area contributed by atoms with Crippen LogP contribution in [0.15, 0.2) is 30.7 Å². The lowest BCUT2D eigenvalue weighted by atomic mass is 10.1. The number of aromatic nitrogens is 2. The Morgan fingerprint density at radius 3 is 2.65 bits per heavy atom. The van der Waals surface area contributed by atoms with Gasteiger partial charge in [-0.2, -0.15) is 13.2 Å². The lowest BCUT2D eigenvalue weighted by Crippen LogP contribution is -2.18. The Kier molecular flexibility index (Phi) is 4.03. The number of nitrogens with zero attached hydrogens (tertiary/aromatic N) is 2. The minimum absolute atomic E-state index is 0.0490. The van der Waals surface area contributed by atoms with Crippen molar-refractivity contribution in [1.82, 2.24) is 9.55 Å². The van der Waals surface area contributed by atoms with Crippen LogP contribution < -0.4 is 5.73 Å². The highest BCUT2D eigenvalue weighted by Crippen LogP contribution is 2.33. The van der Waals surface area contributed by atoms with Crippen LogP contribution in [0, 0.1) is 0 Å². The van der Waals surface area contributed by atoms with Gasteiger partial charge in [-0.15, -0.1) is 0 Å². The maximum absolute atomic E-state index is 12.8. The summed E-state index contributed by atoms with van der Waals surface area (Å²) in [5.74, 6) is 0. The van der Waals surface area contributed by atoms with Crippen LogP contribution in [0.3, 0.4) is 0 Å². The summed E-state index contributed by atoms with van der Waals surface area (Å²) in [5, 5.41) is 9.00. The van der Waals surface area contributed by atoms with Gasteiger partial charge in [-0.25, -0.2) is 4.98 Å². The highest BCUT2D eigenvalue weighted by Gasteiger charge is 2.31. The fourth-order valence-corrected chi connectivity index (χ4v) is 2.00. The number of imidazole rings is 1. The molecule has 0 radical (unpaired) electrons. The average Bonchev–Trinajstić information content (AvgIpc) is 2.85. The molecule has 108 valence electrons. The fourth-order valence-electron chi connectivity index (χ4n) is 1.77. The molecule has 2 aromatic rings. The molecule has 0 aliphatic heterocycles. The number of nitrogens with two attached hydrogens (primary N) is 1. The topological polar surface area (TPSA) is 64.1 Å². The number of halogens is 4. The molecule has 1 heterocycles. The molecule has 1 atom stereocenters. The summed E-state index contributed by atoms with van der Waals surface area (Å²) in [6.07, 6.45) is -1.80. The quantitative estimate of drug-likeness (QED) is 0.916. The zero-order valence-electron chi connectivity index (χ0n) is 10.1. The summed E-state index contributed by atoms with van der Waals surface area (Å²) < 4.78 is 39.7. The van der Waals surface area contributed by atoms with Crippen molar-refractivity contribution in [2.75, 3.05) is 6.61 Å². The van der Waals surface area contributed by atoms with Crippen molar-refractivity contribution in [1.29, 1.82) is 0 Å². The van der Waals surface area contributed by atoms with Gasteiger partial charge in [-0.1, -0.05) is 11.6 Å². The molecule has 0 aliphatic rings. The molecule has 3 N–H and O–H groups in total. The molecular weight excluding hydrogens is 295 g/mol. The van der Waals surface area contributed by atoms with Crippen molar-refractivity contribution in [3.63, 3.8) is 0 Å². The zero-order valence-corrected chi connectivity index (χ0v) is 10.9. The van der Waals surface area contributed by atoms with Crippen LogP contribution in [0.1, 0.15) is 17.3 Å². The largest absolute Gasteiger partial charge is 0.416 e. The molecule has 1 aromatic heterocycles. The fraction of sp³-hybridized carbons (Fsp3) is 0.250. The Hall–Kier alpha value is -1.57. The van der Waals surface area contributed by atoms with Gasteiger partial charge in [0.25, 0.3) is 0 Å². The standard InChI is InChI=1S/C12H11ClF3N3O/c13-8-1-7(12(14,15)16)2-9(3-8)19-6-18-4-11(19)10(17)5-20/h1-4,6,10,20H,5,17H2. The Bertz CT molecular complexity index is 612. The van der Waals surface area contributed by atoms with Gasteiger partial charge < -0.3 is 15.4 Å². The average molecular weight is 306 g/mol. The van der Waals surface area contributed by atoms with Crippen molar-refractivity contribution in [3.05, 3.63) is 47.0 Å². The Labute approximate surface area is 117 Å². The molecule has 8 heteroatoms. The number of hydrogen-bond acceptors (Lipinski definition) is 3. The molecule has 0 aliphatic carbocycles. The second-order valence-corrected chi connectivity index (χ2v) is 4.61. The van der Waals surface area contributed by atoms with Gasteiger partial charge >= 0.3 is 6.18 Å². The Morgan fingerprint density at radius 1 is 1.35 bits per heavy atom. The lowest BCUT2D eigenvalue weighted by molar-refractivity contribution is -0.137. The van der Waals surface area contributed by atoms with Crippen LogP contribution in [-0.2, 0) is 6.18 Å². The van der Waals surface area contributed by atoms with Gasteiger partial charge in [0.15, 0.2) is 0 Å². The highest BCUT2D eigenvalue weighted by molar-refractivity contribution is 6.30. The summed E-state index contributed by atoms with van der Waals surface area (Å²) in [6, 6.07) is 2.41. The summed E-state index contributed by atoms with van der Waals surface area (Å²) in [5.41, 5.74) is 5.38. The minimum Gasteiger partial charge on any atom is -0.394 e. The number of rotatable bonds is 3. The van der Waals surface area contributed by atoms with Crippen LogP contribution in [0.4, 0.5) is 13.2 Å². The maximum Gasteiger partial charge on any atom is 0.416 e. The lowest BCUT2D eigenvalue weighted by Gasteiger charge is -2.15. The van der Waals surface area contributed by atoms with E-state index < -0.39 is 17.8 Å². The zero-order chi connectivity index (χ0) is 14.9. The van der Waals surface area contributed by atoms with Crippen molar-refractivity contribution < 1.29 is 18.3 Å². The van der Waals surface area contributed by atoms with Crippen LogP contribution in [0.5, 0.6) is 0 Å². The first-order chi connectivity index (χ1) is 9.32. The monoisotopic (exact) mass is 305 g/mol. The van der Waals surface area contributed by atoms with E-state index in [0.29, 0.717) is 5.69 Å². The third-order valence-electron chi connectivity index (χ3n) is 2.73. The summed E-state index contributed by atoms with van der Waals surface area (Å²) >= 11 is 5.72. The molecule has 0 saturated carbocycles. The third kappa shape index (κ3) is 2.95. The molecule has 20 heavy (non-hydrogen) atoms. The molecule has 2 rings (SSSR count). The van der Waals surface area contributed by atoms with Crippen molar-refractivity contribution >= 4 is 11.6 Å². The van der Waals surface area contributed by atoms with Gasteiger partial charge in [0.05, 0.1) is 36.4 Å². The smallest absolute Gasteiger partial charge is 0.394 e. The summed E-state index contributed by atoms with van der Waals surface area (Å²) in [6.45, 7) is -0.349. The van der Waals surface area contributed by atoms with Crippen LogP contribution >= 0.6 is 11.6 Å². The first-order valence-corrected chi connectivity index (χ1v) is 5.97. The number of hydrogen-bond donors (Lipinski definition) is 2. The van der Waals surface area contributed by atoms with E-state index in [1.54, 1.807) is 0 Å². The highest BCUT2D eigenvalue weighted by atomic mass is 35.5. The van der Waals surface area contributed by atoms with E-state index in [0.717, 1.165) is 12.1 Å². The number of aliphatic hydroxyl groups excluding tert-OH is 1. The first-order valence-electron chi connectivity index (χ1n) is 5.59. The van der Waals surface area contributed by atoms with Gasteiger partial charge in [-0.05, 0) is 18.2 Å². The van der Waals surface area contributed by atoms with Crippen molar-refractivity contribution in [3.8, 4) is 5.69 Å². The Morgan fingerprint density at radius 2 is 2.05 bits per heavy atom. The molecule has 1 aromatic carbocycles. The molecule has 0 bridgehead atoms. The normalized spacial score (nSPS) is 13.5. The van der Waals surface area contributed by atoms with E-state index in [1.165, 1.54) is 23.2 Å². The van der Waals surface area contributed by atoms with E-state index >= 15 is 0 Å². The van der Waals surface area contributed by atoms with E-state index in [9.17, 15) is 13.2 Å². The number of benzene rings is 1. The minimum atomic E-state index is -4.50. The van der Waals surface area contributed by atoms with E-state index in [-0.39, 0.29) is 17.3 Å². The summed E-state index contributed by atoms with van der Waals surface area (Å²) in [4.78, 5) is 3.84. The Balaban J connectivity index is 2.54. The molecule has 4 nitrogen and oxygen atoms in total.